The lowest BCUT2D eigenvalue weighted by atomic mass is 9.71. The van der Waals surface area contributed by atoms with Crippen LogP contribution >= 0.6 is 8.03 Å². The van der Waals surface area contributed by atoms with Crippen LogP contribution in [0.2, 0.25) is 0 Å². The van der Waals surface area contributed by atoms with Gasteiger partial charge < -0.3 is 9.84 Å². The Bertz CT molecular complexity index is 1180. The van der Waals surface area contributed by atoms with E-state index >= 15 is 0 Å². The van der Waals surface area contributed by atoms with Gasteiger partial charge in [0.15, 0.2) is 5.60 Å². The minimum absolute atomic E-state index is 0.178. The van der Waals surface area contributed by atoms with E-state index in [1.807, 2.05) is 24.3 Å². The molecule has 1 heterocycles. The lowest BCUT2D eigenvalue weighted by Gasteiger charge is -2.39. The fourth-order valence-electron chi connectivity index (χ4n) is 4.28. The van der Waals surface area contributed by atoms with Crippen LogP contribution in [0.5, 0.6) is 0 Å². The van der Waals surface area contributed by atoms with Gasteiger partial charge in [-0.05, 0) is 34.4 Å². The van der Waals surface area contributed by atoms with Crippen LogP contribution < -0.4 is 0 Å². The van der Waals surface area contributed by atoms with Crippen LogP contribution in [0.4, 0.5) is 4.39 Å². The zero-order chi connectivity index (χ0) is 24.2. The molecular weight excluding hydrogens is 444 g/mol. The number of ether oxygens (including phenoxy) is 1. The lowest BCUT2D eigenvalue weighted by molar-refractivity contribution is -0.154. The average Bonchev–Trinajstić information content (AvgIpc) is 2.80. The summed E-state index contributed by atoms with van der Waals surface area (Å²) in [5, 5.41) is 11.1. The van der Waals surface area contributed by atoms with Crippen LogP contribution in [0.25, 0.3) is 10.9 Å². The number of carbonyl (C=O) groups is 1. The minimum atomic E-state index is -2.80. The van der Waals surface area contributed by atoms with Crippen LogP contribution in [0.3, 0.4) is 0 Å². The first-order valence-electron chi connectivity index (χ1n) is 10.4. The Morgan fingerprint density at radius 2 is 1.91 bits per heavy atom. The van der Waals surface area contributed by atoms with Gasteiger partial charge in [-0.3, -0.25) is 4.98 Å². The molecule has 33 heavy (non-hydrogen) atoms. The normalized spacial score (nSPS) is 15.5. The number of carbonyl (C=O) groups excluding carboxylic acids is 1. The molecule has 3 unspecified atom stereocenters. The molecule has 0 radical (unpaired) electrons. The second-order valence-electron chi connectivity index (χ2n) is 8.01. The lowest BCUT2D eigenvalue weighted by Crippen LogP contribution is -2.59. The summed E-state index contributed by atoms with van der Waals surface area (Å²) in [4.78, 5) is 17.9. The zero-order valence-corrected chi connectivity index (χ0v) is 19.6. The van der Waals surface area contributed by atoms with E-state index in [0.29, 0.717) is 11.1 Å². The molecule has 0 saturated carbocycles. The smallest absolute Gasteiger partial charge is 0.431 e. The molecule has 1 N–H and O–H groups in total. The third-order valence-electron chi connectivity index (χ3n) is 5.86. The number of hydrogen-bond donors (Lipinski definition) is 1. The van der Waals surface area contributed by atoms with E-state index in [2.05, 4.69) is 11.6 Å². The summed E-state index contributed by atoms with van der Waals surface area (Å²) in [5.41, 5.74) is -0.645. The molecule has 3 aromatic rings. The SMILES string of the molecule is C=COC(=O)C(C(C)C)([P+](=O)OC)C(O)(Cc1ccc(F)cc1)c1cnc2ccccc2c1. The Labute approximate surface area is 192 Å². The van der Waals surface area contributed by atoms with Crippen molar-refractivity contribution in [3.8, 4) is 0 Å². The Morgan fingerprint density at radius 3 is 2.52 bits per heavy atom. The fourth-order valence-corrected chi connectivity index (χ4v) is 5.70. The molecule has 0 saturated heterocycles. The molecule has 0 amide bonds. The Balaban J connectivity index is 2.36. The van der Waals surface area contributed by atoms with E-state index < -0.39 is 36.5 Å². The molecule has 8 heteroatoms. The number of aromatic nitrogens is 1. The van der Waals surface area contributed by atoms with Crippen LogP contribution in [-0.2, 0) is 30.6 Å². The van der Waals surface area contributed by atoms with Crippen LogP contribution in [-0.4, -0.2) is 28.3 Å². The zero-order valence-electron chi connectivity index (χ0n) is 18.7. The third kappa shape index (κ3) is 4.32. The van der Waals surface area contributed by atoms with E-state index in [4.69, 9.17) is 9.26 Å². The van der Waals surface area contributed by atoms with E-state index in [1.54, 1.807) is 19.9 Å². The molecule has 172 valence electrons. The van der Waals surface area contributed by atoms with Gasteiger partial charge in [0.05, 0.1) is 18.9 Å². The number of benzene rings is 2. The molecule has 0 spiro atoms. The van der Waals surface area contributed by atoms with Crippen molar-refractivity contribution in [2.45, 2.75) is 31.0 Å². The standard InChI is InChI=1S/C25H26FNO5P/c1-5-32-23(28)25(17(2)3,33(30)31-4)24(29,15-18-10-12-21(26)13-11-18)20-14-19-8-6-7-9-22(19)27-16-20/h5-14,16-17,29H,1,15H2,2-4H3/q+1. The van der Waals surface area contributed by atoms with Gasteiger partial charge in [0.25, 0.3) is 0 Å². The number of esters is 1. The van der Waals surface area contributed by atoms with Crippen molar-refractivity contribution >= 4 is 24.9 Å². The summed E-state index contributed by atoms with van der Waals surface area (Å²) in [5.74, 6) is -2.10. The van der Waals surface area contributed by atoms with Gasteiger partial charge in [0, 0.05) is 29.5 Å². The summed E-state index contributed by atoms with van der Waals surface area (Å²) >= 11 is 0. The molecule has 6 nitrogen and oxygen atoms in total. The number of halogens is 1. The fraction of sp³-hybridized carbons (Fsp3) is 0.280. The third-order valence-corrected chi connectivity index (χ3v) is 7.84. The first-order valence-corrected chi connectivity index (χ1v) is 11.5. The van der Waals surface area contributed by atoms with Crippen molar-refractivity contribution in [1.82, 2.24) is 4.98 Å². The topological polar surface area (TPSA) is 85.7 Å². The van der Waals surface area contributed by atoms with Crippen molar-refractivity contribution in [1.29, 1.82) is 0 Å². The molecular formula is C25H26FNO5P+. The summed E-state index contributed by atoms with van der Waals surface area (Å²) in [6.45, 7) is 6.74. The van der Waals surface area contributed by atoms with Gasteiger partial charge in [-0.25, -0.2) is 9.18 Å². The molecule has 0 fully saturated rings. The summed E-state index contributed by atoms with van der Waals surface area (Å²) in [7, 11) is -1.60. The highest BCUT2D eigenvalue weighted by molar-refractivity contribution is 7.42. The molecule has 3 rings (SSSR count). The maximum absolute atomic E-state index is 13.6. The van der Waals surface area contributed by atoms with Gasteiger partial charge in [-0.15, -0.1) is 4.52 Å². The largest absolute Gasteiger partial charge is 0.530 e. The number of aliphatic hydroxyl groups is 1. The molecule has 0 aliphatic rings. The highest BCUT2D eigenvalue weighted by atomic mass is 31.1. The van der Waals surface area contributed by atoms with Gasteiger partial charge in [-0.1, -0.05) is 50.8 Å². The van der Waals surface area contributed by atoms with Crippen molar-refractivity contribution in [2.75, 3.05) is 7.11 Å². The molecule has 2 aromatic carbocycles. The number of fused-ring (bicyclic) bond motifs is 1. The van der Waals surface area contributed by atoms with E-state index in [-0.39, 0.29) is 12.0 Å². The predicted molar refractivity (Wildman–Crippen MR) is 124 cm³/mol. The Morgan fingerprint density at radius 1 is 1.24 bits per heavy atom. The van der Waals surface area contributed by atoms with E-state index in [9.17, 15) is 18.9 Å². The number of pyridine rings is 1. The summed E-state index contributed by atoms with van der Waals surface area (Å²) < 4.78 is 37.4. The van der Waals surface area contributed by atoms with Crippen LogP contribution in [0, 0.1) is 11.7 Å². The molecule has 0 aliphatic heterocycles. The van der Waals surface area contributed by atoms with Gasteiger partial charge in [-0.2, -0.15) is 0 Å². The molecule has 0 aliphatic carbocycles. The van der Waals surface area contributed by atoms with Gasteiger partial charge in [0.2, 0.25) is 0 Å². The molecule has 3 atom stereocenters. The summed E-state index contributed by atoms with van der Waals surface area (Å²) in [6, 6.07) is 14.5. The van der Waals surface area contributed by atoms with Crippen molar-refractivity contribution < 1.29 is 28.1 Å². The maximum Gasteiger partial charge on any atom is 0.530 e. The van der Waals surface area contributed by atoms with Crippen LogP contribution in [0.1, 0.15) is 25.0 Å². The van der Waals surface area contributed by atoms with Crippen molar-refractivity contribution in [3.05, 3.63) is 90.6 Å². The second-order valence-corrected chi connectivity index (χ2v) is 9.60. The number of para-hydroxylation sites is 1. The summed E-state index contributed by atoms with van der Waals surface area (Å²) in [6.07, 6.45) is 2.19. The minimum Gasteiger partial charge on any atom is -0.431 e. The van der Waals surface area contributed by atoms with Crippen LogP contribution in [0.15, 0.2) is 73.6 Å². The monoisotopic (exact) mass is 470 g/mol. The van der Waals surface area contributed by atoms with Gasteiger partial charge in [0.1, 0.15) is 5.82 Å². The quantitative estimate of drug-likeness (QED) is 0.260. The number of rotatable bonds is 9. The number of nitrogens with zero attached hydrogens (tertiary/aromatic N) is 1. The van der Waals surface area contributed by atoms with E-state index in [1.165, 1.54) is 37.6 Å². The molecule has 0 bridgehead atoms. The number of hydrogen-bond acceptors (Lipinski definition) is 6. The molecule has 1 aromatic heterocycles. The second kappa shape index (κ2) is 9.87. The Kier molecular flexibility index (Phi) is 7.38. The maximum atomic E-state index is 13.6. The first kappa shape index (κ1) is 24.6. The first-order chi connectivity index (χ1) is 15.7. The van der Waals surface area contributed by atoms with Crippen molar-refractivity contribution in [3.63, 3.8) is 0 Å². The highest BCUT2D eigenvalue weighted by Gasteiger charge is 2.74. The highest BCUT2D eigenvalue weighted by Crippen LogP contribution is 2.57. The van der Waals surface area contributed by atoms with Gasteiger partial charge >= 0.3 is 19.2 Å². The van der Waals surface area contributed by atoms with Crippen molar-refractivity contribution in [2.24, 2.45) is 5.92 Å². The van der Waals surface area contributed by atoms with E-state index in [0.717, 1.165) is 11.6 Å². The average molecular weight is 470 g/mol. The predicted octanol–water partition coefficient (Wildman–Crippen LogP) is 5.27. The Hall–Kier alpha value is -2.99.